The summed E-state index contributed by atoms with van der Waals surface area (Å²) in [6.45, 7) is 9.89. The molecule has 116 valence electrons. The van der Waals surface area contributed by atoms with Gasteiger partial charge in [0.25, 0.3) is 0 Å². The van der Waals surface area contributed by atoms with E-state index in [2.05, 4.69) is 22.0 Å². The third kappa shape index (κ3) is 5.04. The van der Waals surface area contributed by atoms with Gasteiger partial charge in [0, 0.05) is 32.6 Å². The predicted molar refractivity (Wildman–Crippen MR) is 79.5 cm³/mol. The molecule has 1 N–H and O–H groups in total. The lowest BCUT2D eigenvalue weighted by Crippen LogP contribution is -2.50. The Morgan fingerprint density at radius 2 is 2.00 bits per heavy atom. The molecule has 2 aliphatic rings. The molecule has 0 aliphatic carbocycles. The number of piperazine rings is 1. The molecule has 2 aliphatic heterocycles. The Kier molecular flexibility index (Phi) is 6.76. The van der Waals surface area contributed by atoms with Crippen LogP contribution in [0.15, 0.2) is 0 Å². The van der Waals surface area contributed by atoms with Gasteiger partial charge in [-0.05, 0) is 32.5 Å². The monoisotopic (exact) mass is 283 g/mol. The summed E-state index contributed by atoms with van der Waals surface area (Å²) < 4.78 is 5.33. The van der Waals surface area contributed by atoms with Gasteiger partial charge in [0.1, 0.15) is 0 Å². The number of carbonyl (C=O) groups is 1. The van der Waals surface area contributed by atoms with E-state index >= 15 is 0 Å². The van der Waals surface area contributed by atoms with Gasteiger partial charge in [0.2, 0.25) is 0 Å². The maximum absolute atomic E-state index is 11.1. The minimum absolute atomic E-state index is 0.0295. The molecule has 0 amide bonds. The van der Waals surface area contributed by atoms with Crippen molar-refractivity contribution < 1.29 is 9.53 Å². The number of hydrogen-bond donors (Lipinski definition) is 1. The molecule has 2 saturated heterocycles. The highest BCUT2D eigenvalue weighted by Crippen LogP contribution is 2.19. The number of nitrogens with one attached hydrogen (secondary N) is 1. The fourth-order valence-electron chi connectivity index (χ4n) is 2.98. The highest BCUT2D eigenvalue weighted by Gasteiger charge is 2.30. The van der Waals surface area contributed by atoms with E-state index < -0.39 is 0 Å². The third-order valence-corrected chi connectivity index (χ3v) is 4.25. The Labute approximate surface area is 122 Å². The zero-order valence-corrected chi connectivity index (χ0v) is 12.8. The lowest BCUT2D eigenvalue weighted by atomic mass is 10.2. The van der Waals surface area contributed by atoms with Gasteiger partial charge in [0.05, 0.1) is 6.42 Å². The largest absolute Gasteiger partial charge is 0.446 e. The summed E-state index contributed by atoms with van der Waals surface area (Å²) in [5, 5.41) is 3.37. The van der Waals surface area contributed by atoms with Crippen molar-refractivity contribution in [2.75, 3.05) is 45.8 Å². The van der Waals surface area contributed by atoms with E-state index in [1.54, 1.807) is 0 Å². The van der Waals surface area contributed by atoms with Crippen molar-refractivity contribution in [2.24, 2.45) is 0 Å². The summed E-state index contributed by atoms with van der Waals surface area (Å²) in [6.07, 6.45) is 5.42. The van der Waals surface area contributed by atoms with E-state index in [0.29, 0.717) is 6.42 Å². The van der Waals surface area contributed by atoms with Gasteiger partial charge in [-0.2, -0.15) is 0 Å². The quantitative estimate of drug-likeness (QED) is 0.533. The van der Waals surface area contributed by atoms with Crippen molar-refractivity contribution in [3.8, 4) is 0 Å². The number of cyclic esters (lactones) is 1. The maximum Gasteiger partial charge on any atom is 0.307 e. The number of nitrogens with zero attached hydrogens (tertiary/aromatic N) is 2. The smallest absolute Gasteiger partial charge is 0.307 e. The van der Waals surface area contributed by atoms with Gasteiger partial charge < -0.3 is 15.0 Å². The standard InChI is InChI=1S/C15H29N3O2/c1-2-16-8-4-3-5-9-17-10-12-18(13-11-17)14-6-7-15(19)20-14/h14,16H,2-13H2,1H3. The van der Waals surface area contributed by atoms with E-state index in [9.17, 15) is 4.79 Å². The maximum atomic E-state index is 11.1. The van der Waals surface area contributed by atoms with Crippen molar-refractivity contribution in [3.63, 3.8) is 0 Å². The van der Waals surface area contributed by atoms with Crippen LogP contribution in [0.5, 0.6) is 0 Å². The first-order valence-electron chi connectivity index (χ1n) is 8.16. The molecule has 20 heavy (non-hydrogen) atoms. The number of hydrogen-bond acceptors (Lipinski definition) is 5. The fourth-order valence-corrected chi connectivity index (χ4v) is 2.98. The molecule has 1 unspecified atom stereocenters. The SMILES string of the molecule is CCNCCCCCN1CCN(C2CCC(=O)O2)CC1. The van der Waals surface area contributed by atoms with Crippen LogP contribution < -0.4 is 5.32 Å². The molecule has 2 fully saturated rings. The average molecular weight is 283 g/mol. The fraction of sp³-hybridized carbons (Fsp3) is 0.933. The minimum Gasteiger partial charge on any atom is -0.446 e. The third-order valence-electron chi connectivity index (χ3n) is 4.25. The summed E-state index contributed by atoms with van der Waals surface area (Å²) in [5.74, 6) is -0.0295. The van der Waals surface area contributed by atoms with Crippen LogP contribution in [0.3, 0.4) is 0 Å². The summed E-state index contributed by atoms with van der Waals surface area (Å²) >= 11 is 0. The van der Waals surface area contributed by atoms with Crippen molar-refractivity contribution in [3.05, 3.63) is 0 Å². The topological polar surface area (TPSA) is 44.8 Å². The molecule has 5 nitrogen and oxygen atoms in total. The second kappa shape index (κ2) is 8.60. The Morgan fingerprint density at radius 1 is 1.20 bits per heavy atom. The number of esters is 1. The Hall–Kier alpha value is -0.650. The van der Waals surface area contributed by atoms with Crippen LogP contribution in [0.2, 0.25) is 0 Å². The zero-order chi connectivity index (χ0) is 14.2. The Balaban J connectivity index is 1.52. The number of carbonyl (C=O) groups excluding carboxylic acids is 1. The lowest BCUT2D eigenvalue weighted by molar-refractivity contribution is -0.149. The first-order chi connectivity index (χ1) is 9.79. The number of ether oxygens (including phenoxy) is 1. The first kappa shape index (κ1) is 15.7. The lowest BCUT2D eigenvalue weighted by Gasteiger charge is -2.37. The molecule has 0 aromatic rings. The molecular weight excluding hydrogens is 254 g/mol. The van der Waals surface area contributed by atoms with Crippen molar-refractivity contribution in [1.29, 1.82) is 0 Å². The van der Waals surface area contributed by atoms with E-state index in [0.717, 1.165) is 45.7 Å². The van der Waals surface area contributed by atoms with Gasteiger partial charge in [-0.1, -0.05) is 13.3 Å². The molecule has 5 heteroatoms. The summed E-state index contributed by atoms with van der Waals surface area (Å²) in [5.41, 5.74) is 0. The van der Waals surface area contributed by atoms with Crippen LogP contribution in [0.4, 0.5) is 0 Å². The summed E-state index contributed by atoms with van der Waals surface area (Å²) in [7, 11) is 0. The molecule has 0 aromatic carbocycles. The summed E-state index contributed by atoms with van der Waals surface area (Å²) in [6, 6.07) is 0. The van der Waals surface area contributed by atoms with Crippen LogP contribution in [0.1, 0.15) is 39.0 Å². The van der Waals surface area contributed by atoms with Gasteiger partial charge in [0.15, 0.2) is 6.23 Å². The number of rotatable bonds is 8. The predicted octanol–water partition coefficient (Wildman–Crippen LogP) is 1.05. The van der Waals surface area contributed by atoms with Crippen LogP contribution in [0.25, 0.3) is 0 Å². The molecule has 0 saturated carbocycles. The van der Waals surface area contributed by atoms with Crippen LogP contribution >= 0.6 is 0 Å². The van der Waals surface area contributed by atoms with Crippen LogP contribution in [-0.4, -0.2) is 67.8 Å². The minimum atomic E-state index is -0.0295. The number of unbranched alkanes of at least 4 members (excludes halogenated alkanes) is 2. The van der Waals surface area contributed by atoms with Crippen molar-refractivity contribution in [1.82, 2.24) is 15.1 Å². The molecule has 0 aromatic heterocycles. The van der Waals surface area contributed by atoms with Gasteiger partial charge >= 0.3 is 5.97 Å². The van der Waals surface area contributed by atoms with E-state index in [1.807, 2.05) is 0 Å². The first-order valence-corrected chi connectivity index (χ1v) is 8.16. The van der Waals surface area contributed by atoms with Gasteiger partial charge in [-0.15, -0.1) is 0 Å². The normalized spacial score (nSPS) is 25.1. The second-order valence-corrected chi connectivity index (χ2v) is 5.78. The Bertz CT molecular complexity index is 291. The molecule has 2 rings (SSSR count). The molecule has 0 radical (unpaired) electrons. The van der Waals surface area contributed by atoms with Crippen molar-refractivity contribution in [2.45, 2.75) is 45.3 Å². The summed E-state index contributed by atoms with van der Waals surface area (Å²) in [4.78, 5) is 16.0. The van der Waals surface area contributed by atoms with Crippen LogP contribution in [0, 0.1) is 0 Å². The molecule has 1 atom stereocenters. The highest BCUT2D eigenvalue weighted by atomic mass is 16.6. The van der Waals surface area contributed by atoms with E-state index in [4.69, 9.17) is 4.74 Å². The zero-order valence-electron chi connectivity index (χ0n) is 12.8. The van der Waals surface area contributed by atoms with E-state index in [1.165, 1.54) is 25.8 Å². The Morgan fingerprint density at radius 3 is 2.65 bits per heavy atom. The van der Waals surface area contributed by atoms with Crippen LogP contribution in [-0.2, 0) is 9.53 Å². The molecular formula is C15H29N3O2. The van der Waals surface area contributed by atoms with Gasteiger partial charge in [-0.3, -0.25) is 9.69 Å². The van der Waals surface area contributed by atoms with E-state index in [-0.39, 0.29) is 12.2 Å². The average Bonchev–Trinajstić information content (AvgIpc) is 2.90. The molecule has 0 bridgehead atoms. The highest BCUT2D eigenvalue weighted by molar-refractivity contribution is 5.71. The van der Waals surface area contributed by atoms with Crippen molar-refractivity contribution >= 4 is 5.97 Å². The van der Waals surface area contributed by atoms with Gasteiger partial charge in [-0.25, -0.2) is 0 Å². The second-order valence-electron chi connectivity index (χ2n) is 5.78. The molecule has 2 heterocycles. The molecule has 0 spiro atoms.